The van der Waals surface area contributed by atoms with Crippen LogP contribution in [-0.2, 0) is 13.0 Å². The Morgan fingerprint density at radius 3 is 2.48 bits per heavy atom. The van der Waals surface area contributed by atoms with E-state index in [0.29, 0.717) is 6.54 Å². The predicted molar refractivity (Wildman–Crippen MR) is 117 cm³/mol. The zero-order valence-corrected chi connectivity index (χ0v) is 17.0. The molecule has 0 spiro atoms. The smallest absolute Gasteiger partial charge is 0.193 e. The quantitative estimate of drug-likeness (QED) is 0.352. The van der Waals surface area contributed by atoms with Crippen molar-refractivity contribution in [1.82, 2.24) is 15.2 Å². The maximum absolute atomic E-state index is 4.69. The Labute approximate surface area is 166 Å². The summed E-state index contributed by atoms with van der Waals surface area (Å²) >= 11 is 0. The van der Waals surface area contributed by atoms with Crippen molar-refractivity contribution < 1.29 is 0 Å². The zero-order valence-electron chi connectivity index (χ0n) is 14.7. The van der Waals surface area contributed by atoms with E-state index in [9.17, 15) is 0 Å². The van der Waals surface area contributed by atoms with Gasteiger partial charge in [0.2, 0.25) is 0 Å². The van der Waals surface area contributed by atoms with E-state index in [0.717, 1.165) is 18.9 Å². The Bertz CT molecular complexity index is 776. The number of nitrogens with zero attached hydrogens (tertiary/aromatic N) is 2. The number of benzene rings is 2. The molecule has 0 saturated carbocycles. The fourth-order valence-corrected chi connectivity index (χ4v) is 2.68. The first-order valence-corrected chi connectivity index (χ1v) is 8.28. The van der Waals surface area contributed by atoms with E-state index in [4.69, 9.17) is 0 Å². The first-order chi connectivity index (χ1) is 11.7. The maximum atomic E-state index is 4.69. The molecule has 1 heterocycles. The number of hydrogen-bond donors (Lipinski definition) is 2. The lowest BCUT2D eigenvalue weighted by Crippen LogP contribution is -2.37. The molecule has 1 aromatic heterocycles. The molecule has 4 nitrogen and oxygen atoms in total. The summed E-state index contributed by atoms with van der Waals surface area (Å²) in [4.78, 5) is 10.2. The number of rotatable bonds is 5. The molecule has 3 aromatic rings. The van der Waals surface area contributed by atoms with Crippen LogP contribution in [0.5, 0.6) is 0 Å². The second-order valence-corrected chi connectivity index (χ2v) is 6.08. The molecular formula is C20H25IN4. The highest BCUT2D eigenvalue weighted by Gasteiger charge is 2.03. The van der Waals surface area contributed by atoms with Crippen molar-refractivity contribution >= 4 is 40.8 Å². The van der Waals surface area contributed by atoms with Gasteiger partial charge in [-0.2, -0.15) is 0 Å². The summed E-state index contributed by atoms with van der Waals surface area (Å²) in [5, 5.41) is 4.70. The SMILES string of the molecule is CN(C)C(=NCc1ccccc1)NCCc1cc2ccccc2[nH]1.I. The molecule has 0 amide bonds. The van der Waals surface area contributed by atoms with Crippen molar-refractivity contribution in [2.45, 2.75) is 13.0 Å². The number of nitrogens with one attached hydrogen (secondary N) is 2. The molecule has 0 saturated heterocycles. The van der Waals surface area contributed by atoms with Gasteiger partial charge in [-0.05, 0) is 23.1 Å². The van der Waals surface area contributed by atoms with E-state index >= 15 is 0 Å². The predicted octanol–water partition coefficient (Wildman–Crippen LogP) is 4.04. The van der Waals surface area contributed by atoms with Gasteiger partial charge in [0.25, 0.3) is 0 Å². The van der Waals surface area contributed by atoms with Crippen molar-refractivity contribution in [2.75, 3.05) is 20.6 Å². The van der Waals surface area contributed by atoms with E-state index in [1.165, 1.54) is 22.2 Å². The van der Waals surface area contributed by atoms with E-state index in [-0.39, 0.29) is 24.0 Å². The number of hydrogen-bond acceptors (Lipinski definition) is 1. The van der Waals surface area contributed by atoms with Crippen molar-refractivity contribution in [1.29, 1.82) is 0 Å². The third-order valence-electron chi connectivity index (χ3n) is 3.94. The summed E-state index contributed by atoms with van der Waals surface area (Å²) in [6.45, 7) is 1.53. The van der Waals surface area contributed by atoms with E-state index in [1.807, 2.05) is 37.2 Å². The fraction of sp³-hybridized carbons (Fsp3) is 0.250. The zero-order chi connectivity index (χ0) is 16.8. The third kappa shape index (κ3) is 5.49. The van der Waals surface area contributed by atoms with Crippen molar-refractivity contribution in [2.24, 2.45) is 4.99 Å². The largest absolute Gasteiger partial charge is 0.358 e. The normalized spacial score (nSPS) is 11.2. The Hall–Kier alpha value is -2.02. The summed E-state index contributed by atoms with van der Waals surface area (Å²) < 4.78 is 0. The van der Waals surface area contributed by atoms with Gasteiger partial charge in [0, 0.05) is 38.3 Å². The molecular weight excluding hydrogens is 423 g/mol. The summed E-state index contributed by atoms with van der Waals surface area (Å²) in [6, 6.07) is 20.9. The number of halogens is 1. The van der Waals surface area contributed by atoms with Crippen LogP contribution in [0.15, 0.2) is 65.7 Å². The summed E-state index contributed by atoms with van der Waals surface area (Å²) in [7, 11) is 4.03. The minimum Gasteiger partial charge on any atom is -0.358 e. The van der Waals surface area contributed by atoms with Gasteiger partial charge < -0.3 is 15.2 Å². The molecule has 0 aliphatic carbocycles. The van der Waals surface area contributed by atoms with Gasteiger partial charge in [0.05, 0.1) is 6.54 Å². The molecule has 0 unspecified atom stereocenters. The minimum absolute atomic E-state index is 0. The van der Waals surface area contributed by atoms with Gasteiger partial charge in [-0.3, -0.25) is 0 Å². The number of H-pyrrole nitrogens is 1. The number of aromatic nitrogens is 1. The standard InChI is InChI=1S/C20H24N4.HI/c1-24(2)20(22-15-16-8-4-3-5-9-16)21-13-12-18-14-17-10-6-7-11-19(17)23-18;/h3-11,14,23H,12-13,15H2,1-2H3,(H,21,22);1H. The van der Waals surface area contributed by atoms with Gasteiger partial charge in [-0.25, -0.2) is 4.99 Å². The lowest BCUT2D eigenvalue weighted by molar-refractivity contribution is 0.578. The first kappa shape index (κ1) is 19.3. The highest BCUT2D eigenvalue weighted by atomic mass is 127. The molecule has 0 radical (unpaired) electrons. The van der Waals surface area contributed by atoms with Crippen LogP contribution >= 0.6 is 24.0 Å². The number of para-hydroxylation sites is 1. The highest BCUT2D eigenvalue weighted by Crippen LogP contribution is 2.14. The number of fused-ring (bicyclic) bond motifs is 1. The second kappa shape index (κ2) is 9.46. The van der Waals surface area contributed by atoms with Crippen LogP contribution in [0.4, 0.5) is 0 Å². The molecule has 2 aromatic carbocycles. The van der Waals surface area contributed by atoms with E-state index < -0.39 is 0 Å². The second-order valence-electron chi connectivity index (χ2n) is 6.08. The van der Waals surface area contributed by atoms with Crippen molar-refractivity contribution in [3.05, 3.63) is 71.9 Å². The first-order valence-electron chi connectivity index (χ1n) is 8.28. The van der Waals surface area contributed by atoms with Crippen LogP contribution in [0.2, 0.25) is 0 Å². The Morgan fingerprint density at radius 2 is 1.76 bits per heavy atom. The molecule has 0 aliphatic heterocycles. The van der Waals surface area contributed by atoms with Gasteiger partial charge >= 0.3 is 0 Å². The molecule has 0 atom stereocenters. The van der Waals surface area contributed by atoms with Gasteiger partial charge in [-0.1, -0.05) is 48.5 Å². The van der Waals surface area contributed by atoms with Crippen molar-refractivity contribution in [3.63, 3.8) is 0 Å². The molecule has 0 aliphatic rings. The van der Waals surface area contributed by atoms with Crippen molar-refractivity contribution in [3.8, 4) is 0 Å². The molecule has 3 rings (SSSR count). The number of guanidine groups is 1. The lowest BCUT2D eigenvalue weighted by Gasteiger charge is -2.17. The summed E-state index contributed by atoms with van der Waals surface area (Å²) in [5.74, 6) is 0.912. The molecule has 5 heteroatoms. The highest BCUT2D eigenvalue weighted by molar-refractivity contribution is 14.0. The van der Waals surface area contributed by atoms with Gasteiger partial charge in [0.15, 0.2) is 5.96 Å². The molecule has 0 fully saturated rings. The van der Waals surface area contributed by atoms with Crippen LogP contribution < -0.4 is 5.32 Å². The Balaban J connectivity index is 0.00000225. The fourth-order valence-electron chi connectivity index (χ4n) is 2.68. The Morgan fingerprint density at radius 1 is 1.04 bits per heavy atom. The van der Waals surface area contributed by atoms with Gasteiger partial charge in [-0.15, -0.1) is 24.0 Å². The van der Waals surface area contributed by atoms with Crippen LogP contribution in [-0.4, -0.2) is 36.5 Å². The maximum Gasteiger partial charge on any atom is 0.193 e. The van der Waals surface area contributed by atoms with Crippen LogP contribution in [0.1, 0.15) is 11.3 Å². The summed E-state index contributed by atoms with van der Waals surface area (Å²) in [5.41, 5.74) is 3.65. The molecule has 25 heavy (non-hydrogen) atoms. The lowest BCUT2D eigenvalue weighted by atomic mass is 10.2. The molecule has 2 N–H and O–H groups in total. The topological polar surface area (TPSA) is 43.4 Å². The molecule has 132 valence electrons. The molecule has 0 bridgehead atoms. The summed E-state index contributed by atoms with van der Waals surface area (Å²) in [6.07, 6.45) is 0.937. The monoisotopic (exact) mass is 448 g/mol. The van der Waals surface area contributed by atoms with Crippen LogP contribution in [0.3, 0.4) is 0 Å². The average Bonchev–Trinajstić information content (AvgIpc) is 3.01. The minimum atomic E-state index is 0. The van der Waals surface area contributed by atoms with Crippen LogP contribution in [0.25, 0.3) is 10.9 Å². The van der Waals surface area contributed by atoms with E-state index in [1.54, 1.807) is 0 Å². The van der Waals surface area contributed by atoms with E-state index in [2.05, 4.69) is 57.8 Å². The number of aliphatic imine (C=N–C) groups is 1. The van der Waals surface area contributed by atoms with Crippen LogP contribution in [0, 0.1) is 0 Å². The number of aromatic amines is 1. The van der Waals surface area contributed by atoms with Gasteiger partial charge in [0.1, 0.15) is 0 Å². The third-order valence-corrected chi connectivity index (χ3v) is 3.94. The average molecular weight is 448 g/mol. The Kier molecular flexibility index (Phi) is 7.31.